The van der Waals surface area contributed by atoms with Gasteiger partial charge in [-0.1, -0.05) is 50.2 Å². The van der Waals surface area contributed by atoms with Crippen molar-refractivity contribution in [1.82, 2.24) is 10.6 Å². The van der Waals surface area contributed by atoms with E-state index >= 15 is 0 Å². The quantitative estimate of drug-likeness (QED) is 0.702. The molecule has 0 atom stereocenters. The molecule has 7 nitrogen and oxygen atoms in total. The van der Waals surface area contributed by atoms with Crippen LogP contribution in [0.1, 0.15) is 36.2 Å². The summed E-state index contributed by atoms with van der Waals surface area (Å²) in [5.74, 6) is -1.02. The van der Waals surface area contributed by atoms with Crippen molar-refractivity contribution in [1.29, 1.82) is 5.26 Å². The number of hydrogen-bond donors (Lipinski definition) is 2. The molecule has 3 amide bonds. The largest absolute Gasteiger partial charge is 0.452 e. The Kier molecular flexibility index (Phi) is 7.92. The summed E-state index contributed by atoms with van der Waals surface area (Å²) in [6, 6.07) is 15.0. The number of nitrogens with one attached hydrogen (secondary N) is 2. The van der Waals surface area contributed by atoms with Crippen LogP contribution in [0.5, 0.6) is 0 Å². The first-order valence-electron chi connectivity index (χ1n) is 9.25. The number of carbonyl (C=O) groups excluding carboxylic acids is 3. The molecule has 2 rings (SSSR count). The summed E-state index contributed by atoms with van der Waals surface area (Å²) in [6.45, 7) is 3.90. The second kappa shape index (κ2) is 10.6. The maximum Gasteiger partial charge on any atom is 0.339 e. The van der Waals surface area contributed by atoms with Gasteiger partial charge in [-0.2, -0.15) is 5.26 Å². The average Bonchev–Trinajstić information content (AvgIpc) is 2.71. The van der Waals surface area contributed by atoms with Crippen molar-refractivity contribution >= 4 is 17.9 Å². The van der Waals surface area contributed by atoms with Gasteiger partial charge in [0.25, 0.3) is 5.91 Å². The zero-order chi connectivity index (χ0) is 21.2. The predicted molar refractivity (Wildman–Crippen MR) is 108 cm³/mol. The number of ether oxygens (including phenoxy) is 1. The van der Waals surface area contributed by atoms with Crippen LogP contribution in [0, 0.1) is 17.2 Å². The molecule has 0 aliphatic heterocycles. The van der Waals surface area contributed by atoms with Gasteiger partial charge in [0.2, 0.25) is 0 Å². The number of nitriles is 1. The molecule has 0 saturated carbocycles. The number of amides is 3. The second-order valence-electron chi connectivity index (χ2n) is 6.77. The van der Waals surface area contributed by atoms with E-state index in [0.717, 1.165) is 6.42 Å². The zero-order valence-electron chi connectivity index (χ0n) is 16.4. The molecule has 0 unspecified atom stereocenters. The Bertz CT molecular complexity index is 932. The van der Waals surface area contributed by atoms with Crippen molar-refractivity contribution in [3.05, 3.63) is 59.7 Å². The Labute approximate surface area is 169 Å². The maximum absolute atomic E-state index is 12.5. The summed E-state index contributed by atoms with van der Waals surface area (Å²) in [6.07, 6.45) is 0.789. The molecule has 0 bridgehead atoms. The minimum absolute atomic E-state index is 0.226. The fourth-order valence-corrected chi connectivity index (χ4v) is 2.60. The van der Waals surface area contributed by atoms with Crippen molar-refractivity contribution in [3.63, 3.8) is 0 Å². The highest BCUT2D eigenvalue weighted by molar-refractivity contribution is 6.00. The normalized spacial score (nSPS) is 10.1. The molecule has 0 radical (unpaired) electrons. The summed E-state index contributed by atoms with van der Waals surface area (Å²) >= 11 is 0. The summed E-state index contributed by atoms with van der Waals surface area (Å²) < 4.78 is 5.06. The Morgan fingerprint density at radius 1 is 1.03 bits per heavy atom. The lowest BCUT2D eigenvalue weighted by molar-refractivity contribution is -0.123. The third-order valence-corrected chi connectivity index (χ3v) is 4.08. The number of urea groups is 1. The first-order chi connectivity index (χ1) is 13.9. The fraction of sp³-hybridized carbons (Fsp3) is 0.273. The van der Waals surface area contributed by atoms with Gasteiger partial charge < -0.3 is 10.1 Å². The molecule has 29 heavy (non-hydrogen) atoms. The van der Waals surface area contributed by atoms with E-state index in [4.69, 9.17) is 4.74 Å². The highest BCUT2D eigenvalue weighted by Crippen LogP contribution is 2.27. The van der Waals surface area contributed by atoms with Crippen molar-refractivity contribution < 1.29 is 19.1 Å². The lowest BCUT2D eigenvalue weighted by Crippen LogP contribution is -2.42. The highest BCUT2D eigenvalue weighted by Gasteiger charge is 2.17. The second-order valence-corrected chi connectivity index (χ2v) is 6.77. The van der Waals surface area contributed by atoms with E-state index < -0.39 is 24.5 Å². The van der Waals surface area contributed by atoms with Crippen LogP contribution in [0.3, 0.4) is 0 Å². The van der Waals surface area contributed by atoms with E-state index in [2.05, 4.69) is 16.7 Å². The number of hydrogen-bond acceptors (Lipinski definition) is 5. The van der Waals surface area contributed by atoms with E-state index in [9.17, 15) is 19.6 Å². The minimum atomic E-state index is -0.727. The molecule has 0 aliphatic rings. The van der Waals surface area contributed by atoms with Crippen LogP contribution in [0.25, 0.3) is 11.1 Å². The van der Waals surface area contributed by atoms with Crippen LogP contribution in [0.4, 0.5) is 4.79 Å². The first-order valence-corrected chi connectivity index (χ1v) is 9.25. The van der Waals surface area contributed by atoms with Crippen molar-refractivity contribution in [2.24, 2.45) is 5.92 Å². The van der Waals surface area contributed by atoms with Gasteiger partial charge >= 0.3 is 12.0 Å². The first kappa shape index (κ1) is 21.6. The van der Waals surface area contributed by atoms with Crippen molar-refractivity contribution in [2.75, 3.05) is 13.2 Å². The molecule has 0 aliphatic carbocycles. The third kappa shape index (κ3) is 6.47. The van der Waals surface area contributed by atoms with E-state index in [1.54, 1.807) is 48.5 Å². The molecule has 0 heterocycles. The van der Waals surface area contributed by atoms with Gasteiger partial charge in [0.15, 0.2) is 6.61 Å². The molecule has 0 spiro atoms. The van der Waals surface area contributed by atoms with Gasteiger partial charge in [0.05, 0.1) is 17.2 Å². The molecule has 2 aromatic carbocycles. The number of nitrogens with zero attached hydrogens (tertiary/aromatic N) is 1. The smallest absolute Gasteiger partial charge is 0.339 e. The highest BCUT2D eigenvalue weighted by atomic mass is 16.5. The monoisotopic (exact) mass is 393 g/mol. The van der Waals surface area contributed by atoms with Crippen LogP contribution >= 0.6 is 0 Å². The minimum Gasteiger partial charge on any atom is -0.452 e. The van der Waals surface area contributed by atoms with E-state index in [1.165, 1.54) is 0 Å². The van der Waals surface area contributed by atoms with Crippen molar-refractivity contribution in [3.8, 4) is 17.2 Å². The molecule has 150 valence electrons. The van der Waals surface area contributed by atoms with Gasteiger partial charge in [-0.25, -0.2) is 9.59 Å². The number of imide groups is 1. The molecular weight excluding hydrogens is 370 g/mol. The van der Waals surface area contributed by atoms with Crippen LogP contribution in [0.2, 0.25) is 0 Å². The summed E-state index contributed by atoms with van der Waals surface area (Å²) in [7, 11) is 0. The molecule has 0 aromatic heterocycles. The Morgan fingerprint density at radius 2 is 1.69 bits per heavy atom. The molecular formula is C22H23N3O4. The Morgan fingerprint density at radius 3 is 2.38 bits per heavy atom. The number of rotatable bonds is 7. The Hall–Kier alpha value is -3.66. The zero-order valence-corrected chi connectivity index (χ0v) is 16.4. The van der Waals surface area contributed by atoms with E-state index in [1.807, 2.05) is 13.8 Å². The maximum atomic E-state index is 12.5. The standard InChI is InChI=1S/C22H23N3O4/c1-15(2)11-12-24-22(28)25-20(26)14-29-21(27)19-10-6-5-9-18(19)17-8-4-3-7-16(17)13-23/h3-10,15H,11-12,14H2,1-2H3,(H2,24,25,26,28). The molecule has 0 fully saturated rings. The van der Waals surface area contributed by atoms with Gasteiger partial charge in [-0.05, 0) is 30.0 Å². The molecule has 0 saturated heterocycles. The van der Waals surface area contributed by atoms with Crippen LogP contribution in [-0.2, 0) is 9.53 Å². The number of benzene rings is 2. The van der Waals surface area contributed by atoms with Crippen LogP contribution in [0.15, 0.2) is 48.5 Å². The third-order valence-electron chi connectivity index (χ3n) is 4.08. The number of carbonyl (C=O) groups is 3. The van der Waals surface area contributed by atoms with Gasteiger partial charge in [-0.3, -0.25) is 10.1 Å². The topological polar surface area (TPSA) is 108 Å². The molecule has 7 heteroatoms. The van der Waals surface area contributed by atoms with E-state index in [0.29, 0.717) is 29.2 Å². The summed E-state index contributed by atoms with van der Waals surface area (Å²) in [4.78, 5) is 36.0. The lowest BCUT2D eigenvalue weighted by atomic mass is 9.96. The Balaban J connectivity index is 1.99. The van der Waals surface area contributed by atoms with E-state index in [-0.39, 0.29) is 5.56 Å². The molecule has 2 aromatic rings. The van der Waals surface area contributed by atoms with Crippen LogP contribution < -0.4 is 10.6 Å². The van der Waals surface area contributed by atoms with Gasteiger partial charge in [-0.15, -0.1) is 0 Å². The van der Waals surface area contributed by atoms with Crippen LogP contribution in [-0.4, -0.2) is 31.1 Å². The fourth-order valence-electron chi connectivity index (χ4n) is 2.60. The summed E-state index contributed by atoms with van der Waals surface area (Å²) in [5.41, 5.74) is 1.77. The number of esters is 1. The average molecular weight is 393 g/mol. The van der Waals surface area contributed by atoms with Gasteiger partial charge in [0.1, 0.15) is 0 Å². The van der Waals surface area contributed by atoms with Crippen molar-refractivity contribution in [2.45, 2.75) is 20.3 Å². The summed E-state index contributed by atoms with van der Waals surface area (Å²) in [5, 5.41) is 14.0. The predicted octanol–water partition coefficient (Wildman–Crippen LogP) is 3.25. The molecule has 2 N–H and O–H groups in total. The lowest BCUT2D eigenvalue weighted by Gasteiger charge is -2.11. The SMILES string of the molecule is CC(C)CCNC(=O)NC(=O)COC(=O)c1ccccc1-c1ccccc1C#N. The van der Waals surface area contributed by atoms with Gasteiger partial charge in [0, 0.05) is 12.1 Å².